The summed E-state index contributed by atoms with van der Waals surface area (Å²) in [6, 6.07) is 7.62. The first kappa shape index (κ1) is 44.5. The zero-order valence-corrected chi connectivity index (χ0v) is 31.5. The maximum atomic E-state index is 12.7. The predicted octanol–water partition coefficient (Wildman–Crippen LogP) is 13.7. The summed E-state index contributed by atoms with van der Waals surface area (Å²) in [4.78, 5) is 6.13. The van der Waals surface area contributed by atoms with E-state index >= 15 is 0 Å². The second kappa shape index (κ2) is 31.4. The number of amidine groups is 1. The molecule has 48 heavy (non-hydrogen) atoms. The van der Waals surface area contributed by atoms with Crippen LogP contribution in [0.4, 0.5) is 13.2 Å². The number of alkyl halides is 3. The SMILES string of the molecule is CCCCCCCCCCCCCCCCN(CCCCCCCCCCCCCCCC)Cc1cccc(C(N)=NCC(F)(F)F)c1. The zero-order valence-electron chi connectivity index (χ0n) is 31.5. The van der Waals surface area contributed by atoms with Crippen LogP contribution in [0.5, 0.6) is 0 Å². The van der Waals surface area contributed by atoms with E-state index in [9.17, 15) is 13.2 Å². The average molecular weight is 680 g/mol. The highest BCUT2D eigenvalue weighted by Crippen LogP contribution is 2.18. The van der Waals surface area contributed by atoms with Crippen LogP contribution in [0.25, 0.3) is 0 Å². The topological polar surface area (TPSA) is 41.6 Å². The fraction of sp³-hybridized carbons (Fsp3) is 0.833. The van der Waals surface area contributed by atoms with Gasteiger partial charge >= 0.3 is 6.18 Å². The zero-order chi connectivity index (χ0) is 35.0. The lowest BCUT2D eigenvalue weighted by Gasteiger charge is -2.23. The minimum Gasteiger partial charge on any atom is -0.384 e. The lowest BCUT2D eigenvalue weighted by molar-refractivity contribution is -0.118. The first-order chi connectivity index (χ1) is 23.4. The lowest BCUT2D eigenvalue weighted by atomic mass is 10.0. The van der Waals surface area contributed by atoms with Crippen molar-refractivity contribution in [3.8, 4) is 0 Å². The fourth-order valence-electron chi connectivity index (χ4n) is 6.68. The molecule has 6 heteroatoms. The van der Waals surface area contributed by atoms with E-state index in [1.54, 1.807) is 6.07 Å². The smallest absolute Gasteiger partial charge is 0.384 e. The van der Waals surface area contributed by atoms with Crippen molar-refractivity contribution in [3.63, 3.8) is 0 Å². The number of benzene rings is 1. The summed E-state index contributed by atoms with van der Waals surface area (Å²) in [6.45, 7) is 6.25. The van der Waals surface area contributed by atoms with Crippen LogP contribution in [-0.4, -0.2) is 36.5 Å². The molecule has 0 radical (unpaired) electrons. The van der Waals surface area contributed by atoms with E-state index in [0.29, 0.717) is 5.56 Å². The van der Waals surface area contributed by atoms with Crippen molar-refractivity contribution in [2.45, 2.75) is 206 Å². The van der Waals surface area contributed by atoms with E-state index < -0.39 is 12.7 Å². The molecule has 0 aliphatic rings. The van der Waals surface area contributed by atoms with Crippen molar-refractivity contribution in [1.82, 2.24) is 4.90 Å². The fourth-order valence-corrected chi connectivity index (χ4v) is 6.68. The number of hydrogen-bond donors (Lipinski definition) is 1. The largest absolute Gasteiger partial charge is 0.408 e. The number of nitrogens with zero attached hydrogens (tertiary/aromatic N) is 2. The molecule has 1 aromatic carbocycles. The molecule has 3 nitrogen and oxygen atoms in total. The summed E-state index contributed by atoms with van der Waals surface area (Å²) in [5, 5.41) is 0. The van der Waals surface area contributed by atoms with Gasteiger partial charge in [0.25, 0.3) is 0 Å². The maximum Gasteiger partial charge on any atom is 0.408 e. The molecule has 0 heterocycles. The Hall–Kier alpha value is -1.56. The van der Waals surface area contributed by atoms with Crippen LogP contribution in [0.2, 0.25) is 0 Å². The molecule has 2 N–H and O–H groups in total. The van der Waals surface area contributed by atoms with Crippen molar-refractivity contribution in [2.24, 2.45) is 10.7 Å². The summed E-state index contributed by atoms with van der Waals surface area (Å²) < 4.78 is 38.0. The third kappa shape index (κ3) is 28.3. The summed E-state index contributed by atoms with van der Waals surface area (Å²) >= 11 is 0. The highest BCUT2D eigenvalue weighted by Gasteiger charge is 2.26. The molecule has 0 aromatic heterocycles. The van der Waals surface area contributed by atoms with Crippen LogP contribution in [0.1, 0.15) is 205 Å². The van der Waals surface area contributed by atoms with E-state index in [1.807, 2.05) is 12.1 Å². The van der Waals surface area contributed by atoms with E-state index in [-0.39, 0.29) is 5.84 Å². The number of unbranched alkanes of at least 4 members (excludes halogenated alkanes) is 26. The van der Waals surface area contributed by atoms with Gasteiger partial charge in [-0.3, -0.25) is 9.89 Å². The third-order valence-electron chi connectivity index (χ3n) is 9.71. The van der Waals surface area contributed by atoms with Gasteiger partial charge in [-0.25, -0.2) is 0 Å². The highest BCUT2D eigenvalue weighted by molar-refractivity contribution is 5.97. The molecule has 0 unspecified atom stereocenters. The van der Waals surface area contributed by atoms with E-state index in [2.05, 4.69) is 29.8 Å². The Morgan fingerprint density at radius 2 is 0.917 bits per heavy atom. The Morgan fingerprint density at radius 1 is 0.562 bits per heavy atom. The molecule has 0 fully saturated rings. The molecule has 0 saturated carbocycles. The summed E-state index contributed by atoms with van der Waals surface area (Å²) in [5.41, 5.74) is 7.59. The van der Waals surface area contributed by atoms with Gasteiger partial charge < -0.3 is 5.73 Å². The second-order valence-corrected chi connectivity index (χ2v) is 14.5. The predicted molar refractivity (Wildman–Crippen MR) is 204 cm³/mol. The Bertz CT molecular complexity index is 838. The molecule has 0 aliphatic heterocycles. The monoisotopic (exact) mass is 680 g/mol. The summed E-state index contributed by atoms with van der Waals surface area (Å²) in [5.74, 6) is -0.0420. The van der Waals surface area contributed by atoms with Gasteiger partial charge in [0.15, 0.2) is 0 Å². The molecular weight excluding hydrogens is 603 g/mol. The number of hydrogen-bond acceptors (Lipinski definition) is 2. The van der Waals surface area contributed by atoms with E-state index in [0.717, 1.165) is 25.2 Å². The molecule has 0 aliphatic carbocycles. The van der Waals surface area contributed by atoms with Gasteiger partial charge in [-0.1, -0.05) is 199 Å². The first-order valence-corrected chi connectivity index (χ1v) is 20.5. The number of rotatable bonds is 34. The van der Waals surface area contributed by atoms with Crippen molar-refractivity contribution in [1.29, 1.82) is 0 Å². The molecule has 0 spiro atoms. The van der Waals surface area contributed by atoms with Gasteiger partial charge in [0.2, 0.25) is 0 Å². The molecule has 1 aromatic rings. The van der Waals surface area contributed by atoms with E-state index in [4.69, 9.17) is 5.73 Å². The number of nitrogens with two attached hydrogens (primary N) is 1. The van der Waals surface area contributed by atoms with Gasteiger partial charge in [0.05, 0.1) is 0 Å². The number of aliphatic imine (C=N–C) groups is 1. The van der Waals surface area contributed by atoms with Gasteiger partial charge in [0, 0.05) is 12.1 Å². The molecule has 280 valence electrons. The van der Waals surface area contributed by atoms with Crippen LogP contribution in [0.15, 0.2) is 29.3 Å². The van der Waals surface area contributed by atoms with Crippen molar-refractivity contribution < 1.29 is 13.2 Å². The molecule has 0 bridgehead atoms. The van der Waals surface area contributed by atoms with Crippen LogP contribution >= 0.6 is 0 Å². The highest BCUT2D eigenvalue weighted by atomic mass is 19.4. The van der Waals surface area contributed by atoms with Crippen LogP contribution in [-0.2, 0) is 6.54 Å². The summed E-state index contributed by atoms with van der Waals surface area (Å²) in [6.07, 6.45) is 33.7. The van der Waals surface area contributed by atoms with Gasteiger partial charge in [-0.05, 0) is 37.6 Å². The molecule has 1 rings (SSSR count). The third-order valence-corrected chi connectivity index (χ3v) is 9.71. The van der Waals surface area contributed by atoms with Gasteiger partial charge in [-0.15, -0.1) is 0 Å². The van der Waals surface area contributed by atoms with E-state index in [1.165, 1.54) is 180 Å². The lowest BCUT2D eigenvalue weighted by Crippen LogP contribution is -2.26. The Balaban J connectivity index is 2.37. The average Bonchev–Trinajstić information content (AvgIpc) is 3.07. The van der Waals surface area contributed by atoms with Crippen LogP contribution < -0.4 is 5.73 Å². The molecular formula is C42H76F3N3. The Labute approximate surface area is 295 Å². The van der Waals surface area contributed by atoms with Crippen molar-refractivity contribution in [3.05, 3.63) is 35.4 Å². The van der Waals surface area contributed by atoms with Crippen molar-refractivity contribution in [2.75, 3.05) is 19.6 Å². The normalized spacial score (nSPS) is 12.4. The Morgan fingerprint density at radius 3 is 1.27 bits per heavy atom. The summed E-state index contributed by atoms with van der Waals surface area (Å²) in [7, 11) is 0. The Kier molecular flexibility index (Phi) is 29.1. The van der Waals surface area contributed by atoms with Gasteiger partial charge in [-0.2, -0.15) is 13.2 Å². The minimum atomic E-state index is -4.35. The van der Waals surface area contributed by atoms with Gasteiger partial charge in [0.1, 0.15) is 12.4 Å². The standard InChI is InChI=1S/C42H76F3N3/c1-3-5-7-9-11-13-15-17-19-21-23-25-27-29-34-48(35-30-28-26-24-22-20-18-16-14-12-10-8-6-4-2)37-39-32-31-33-40(36-39)41(46)47-38-42(43,44)45/h31-33,36H,3-30,34-35,37-38H2,1-2H3,(H2,46,47). The maximum absolute atomic E-state index is 12.7. The molecule has 0 saturated heterocycles. The number of halogens is 3. The second-order valence-electron chi connectivity index (χ2n) is 14.5. The minimum absolute atomic E-state index is 0.0420. The quantitative estimate of drug-likeness (QED) is 0.0447. The van der Waals surface area contributed by atoms with Crippen molar-refractivity contribution >= 4 is 5.84 Å². The van der Waals surface area contributed by atoms with Crippen LogP contribution in [0, 0.1) is 0 Å². The first-order valence-electron chi connectivity index (χ1n) is 20.5. The molecule has 0 amide bonds. The molecule has 0 atom stereocenters. The van der Waals surface area contributed by atoms with Crippen LogP contribution in [0.3, 0.4) is 0 Å².